The number of hydrogen-bond donors (Lipinski definition) is 0. The summed E-state index contributed by atoms with van der Waals surface area (Å²) in [5.74, 6) is 0. The molecule has 10 aromatic rings. The molecule has 12 rings (SSSR count). The van der Waals surface area contributed by atoms with Crippen molar-refractivity contribution >= 4 is 89.2 Å². The highest BCUT2D eigenvalue weighted by molar-refractivity contribution is 6.23. The number of aromatic nitrogens is 1. The molecule has 60 heavy (non-hydrogen) atoms. The van der Waals surface area contributed by atoms with Crippen molar-refractivity contribution in [3.63, 3.8) is 0 Å². The van der Waals surface area contributed by atoms with Gasteiger partial charge in [0.2, 0.25) is 0 Å². The zero-order valence-corrected chi connectivity index (χ0v) is 33.3. The first kappa shape index (κ1) is 34.2. The third-order valence-electron chi connectivity index (χ3n) is 12.5. The summed E-state index contributed by atoms with van der Waals surface area (Å²) >= 11 is 0. The zero-order chi connectivity index (χ0) is 39.9. The maximum Gasteiger partial charge on any atom is 0.0714 e. The fraction of sp³-hybridized carbons (Fsp3) is 0.0364. The first-order valence-electron chi connectivity index (χ1n) is 20.5. The number of fused-ring (bicyclic) bond motifs is 7. The second-order valence-corrected chi connectivity index (χ2v) is 15.7. The van der Waals surface area contributed by atoms with Crippen LogP contribution in [0.5, 0.6) is 0 Å². The summed E-state index contributed by atoms with van der Waals surface area (Å²) < 4.78 is 0. The van der Waals surface area contributed by atoms with Crippen LogP contribution in [0.3, 0.4) is 0 Å². The molecule has 0 aliphatic carbocycles. The molecule has 0 radical (unpaired) electrons. The molecule has 0 amide bonds. The highest BCUT2D eigenvalue weighted by Crippen LogP contribution is 2.54. The average molecular weight is 770 g/mol. The predicted octanol–water partition coefficient (Wildman–Crippen LogP) is 15.0. The fourth-order valence-corrected chi connectivity index (χ4v) is 9.75. The number of nitrogens with zero attached hydrogens (tertiary/aromatic N) is 5. The Hall–Kier alpha value is -7.89. The summed E-state index contributed by atoms with van der Waals surface area (Å²) in [4.78, 5) is 14.5. The molecule has 2 aliphatic heterocycles. The van der Waals surface area contributed by atoms with E-state index in [9.17, 15) is 0 Å². The molecule has 1 aromatic heterocycles. The molecular weight excluding hydrogens is 731 g/mol. The Morgan fingerprint density at radius 3 is 1.27 bits per heavy atom. The van der Waals surface area contributed by atoms with Crippen LogP contribution in [-0.2, 0) is 0 Å². The summed E-state index contributed by atoms with van der Waals surface area (Å²) in [6.07, 6.45) is 1.91. The van der Waals surface area contributed by atoms with E-state index in [-0.39, 0.29) is 0 Å². The Kier molecular flexibility index (Phi) is 7.59. The first-order chi connectivity index (χ1) is 29.6. The smallest absolute Gasteiger partial charge is 0.0714 e. The lowest BCUT2D eigenvalue weighted by Gasteiger charge is -2.39. The van der Waals surface area contributed by atoms with Gasteiger partial charge in [0.15, 0.2) is 0 Å². The molecule has 0 saturated carbocycles. The van der Waals surface area contributed by atoms with Crippen LogP contribution in [0.4, 0.5) is 56.9 Å². The van der Waals surface area contributed by atoms with E-state index in [1.165, 1.54) is 44.0 Å². The number of benzene rings is 9. The third-order valence-corrected chi connectivity index (χ3v) is 12.5. The van der Waals surface area contributed by atoms with Crippen molar-refractivity contribution in [3.8, 4) is 22.4 Å². The van der Waals surface area contributed by atoms with Crippen LogP contribution in [0, 0.1) is 0 Å². The van der Waals surface area contributed by atoms with Gasteiger partial charge in [-0.2, -0.15) is 0 Å². The van der Waals surface area contributed by atoms with Crippen molar-refractivity contribution < 1.29 is 0 Å². The highest BCUT2D eigenvalue weighted by atomic mass is 15.3. The first-order valence-corrected chi connectivity index (χ1v) is 20.5. The van der Waals surface area contributed by atoms with E-state index in [1.54, 1.807) is 0 Å². The van der Waals surface area contributed by atoms with Crippen molar-refractivity contribution in [2.75, 3.05) is 33.7 Å². The second-order valence-electron chi connectivity index (χ2n) is 15.7. The number of hydrogen-bond acceptors (Lipinski definition) is 5. The van der Waals surface area contributed by atoms with Crippen molar-refractivity contribution in [1.82, 2.24) is 4.98 Å². The van der Waals surface area contributed by atoms with Gasteiger partial charge < -0.3 is 19.6 Å². The van der Waals surface area contributed by atoms with E-state index in [4.69, 9.17) is 4.98 Å². The van der Waals surface area contributed by atoms with Gasteiger partial charge in [-0.25, -0.2) is 0 Å². The maximum absolute atomic E-state index is 5.06. The van der Waals surface area contributed by atoms with E-state index in [0.717, 1.165) is 67.5 Å². The molecule has 0 saturated heterocycles. The molecule has 0 fully saturated rings. The Labute approximate surface area is 349 Å². The van der Waals surface area contributed by atoms with E-state index < -0.39 is 0 Å². The molecule has 0 bridgehead atoms. The standard InChI is InChI=1S/C55H39N5/c1-57-46-18-5-9-22-50(46)59(51-23-10-6-19-47(51)57)39-29-31-42-43(34-39)54(38-27-26-36-15-3-4-16-37(36)33-38)41-30-28-40(35-44(41)55(42)45-17-13-14-32-56-45)60-52-24-11-7-20-48(52)58(2)49-21-8-12-25-53(49)60/h3-35H,1-2H3. The molecule has 2 aliphatic rings. The zero-order valence-electron chi connectivity index (χ0n) is 33.3. The van der Waals surface area contributed by atoms with Gasteiger partial charge in [-0.05, 0) is 134 Å². The van der Waals surface area contributed by atoms with Crippen molar-refractivity contribution in [2.24, 2.45) is 0 Å². The fourth-order valence-electron chi connectivity index (χ4n) is 9.75. The molecule has 0 unspecified atom stereocenters. The molecule has 284 valence electrons. The van der Waals surface area contributed by atoms with Crippen LogP contribution in [0.1, 0.15) is 0 Å². The normalized spacial score (nSPS) is 13.0. The van der Waals surface area contributed by atoms with E-state index in [1.807, 2.05) is 12.3 Å². The Balaban J connectivity index is 1.18. The average Bonchev–Trinajstić information content (AvgIpc) is 3.31. The van der Waals surface area contributed by atoms with Gasteiger partial charge >= 0.3 is 0 Å². The quantitative estimate of drug-likeness (QED) is 0.166. The van der Waals surface area contributed by atoms with Gasteiger partial charge in [0, 0.05) is 37.2 Å². The number of anilines is 10. The second kappa shape index (κ2) is 13.3. The minimum absolute atomic E-state index is 0.942. The summed E-state index contributed by atoms with van der Waals surface area (Å²) in [6, 6.07) is 70.7. The lowest BCUT2D eigenvalue weighted by Crippen LogP contribution is -2.24. The highest BCUT2D eigenvalue weighted by Gasteiger charge is 2.30. The van der Waals surface area contributed by atoms with Gasteiger partial charge in [0.1, 0.15) is 0 Å². The minimum atomic E-state index is 0.942. The summed E-state index contributed by atoms with van der Waals surface area (Å²) in [5, 5.41) is 7.09. The Morgan fingerprint density at radius 2 is 0.767 bits per heavy atom. The molecule has 3 heterocycles. The molecule has 0 spiro atoms. The van der Waals surface area contributed by atoms with Gasteiger partial charge in [-0.15, -0.1) is 0 Å². The predicted molar refractivity (Wildman–Crippen MR) is 253 cm³/mol. The van der Waals surface area contributed by atoms with Gasteiger partial charge in [-0.1, -0.05) is 103 Å². The number of pyridine rings is 1. The van der Waals surface area contributed by atoms with E-state index in [2.05, 4.69) is 222 Å². The minimum Gasteiger partial charge on any atom is -0.341 e. The Morgan fingerprint density at radius 1 is 0.333 bits per heavy atom. The largest absolute Gasteiger partial charge is 0.341 e. The summed E-state index contributed by atoms with van der Waals surface area (Å²) in [5.41, 5.74) is 15.9. The van der Waals surface area contributed by atoms with Crippen molar-refractivity contribution in [3.05, 3.63) is 200 Å². The molecule has 9 aromatic carbocycles. The van der Waals surface area contributed by atoms with Gasteiger partial charge in [0.25, 0.3) is 0 Å². The van der Waals surface area contributed by atoms with Crippen LogP contribution in [-0.4, -0.2) is 19.1 Å². The molecule has 5 heteroatoms. The molecule has 5 nitrogen and oxygen atoms in total. The van der Waals surface area contributed by atoms with Crippen LogP contribution in [0.2, 0.25) is 0 Å². The van der Waals surface area contributed by atoms with Crippen LogP contribution in [0.25, 0.3) is 54.7 Å². The van der Waals surface area contributed by atoms with Crippen LogP contribution >= 0.6 is 0 Å². The maximum atomic E-state index is 5.06. The van der Waals surface area contributed by atoms with E-state index >= 15 is 0 Å². The van der Waals surface area contributed by atoms with Crippen molar-refractivity contribution in [1.29, 1.82) is 0 Å². The SMILES string of the molecule is CN1c2ccccc2N(c2ccc3c(-c4ccccn4)c4cc(N5c6ccccc6N(C)c6ccccc65)ccc4c(-c4ccc5ccccc5c4)c3c2)c2ccccc21. The lowest BCUT2D eigenvalue weighted by molar-refractivity contribution is 1.13. The molecule has 0 N–H and O–H groups in total. The van der Waals surface area contributed by atoms with E-state index in [0.29, 0.717) is 0 Å². The topological polar surface area (TPSA) is 25.9 Å². The summed E-state index contributed by atoms with van der Waals surface area (Å²) in [7, 11) is 4.32. The number of para-hydroxylation sites is 8. The Bertz CT molecular complexity index is 3240. The van der Waals surface area contributed by atoms with Gasteiger partial charge in [-0.3, -0.25) is 4.98 Å². The van der Waals surface area contributed by atoms with Crippen LogP contribution < -0.4 is 19.6 Å². The summed E-state index contributed by atoms with van der Waals surface area (Å²) in [6.45, 7) is 0. The molecule has 0 atom stereocenters. The lowest BCUT2D eigenvalue weighted by atomic mass is 9.86. The van der Waals surface area contributed by atoms with Crippen LogP contribution in [0.15, 0.2) is 200 Å². The van der Waals surface area contributed by atoms with Crippen molar-refractivity contribution in [2.45, 2.75) is 0 Å². The monoisotopic (exact) mass is 769 g/mol. The number of rotatable bonds is 4. The third kappa shape index (κ3) is 5.09. The molecular formula is C55H39N5. The van der Waals surface area contributed by atoms with Gasteiger partial charge in [0.05, 0.1) is 51.2 Å².